The maximum absolute atomic E-state index is 3.29. The van der Waals surface area contributed by atoms with Crippen molar-refractivity contribution in [1.29, 1.82) is 0 Å². The van der Waals surface area contributed by atoms with Crippen LogP contribution in [0.5, 0.6) is 0 Å². The van der Waals surface area contributed by atoms with Crippen LogP contribution in [0.4, 0.5) is 0 Å². The largest absolute Gasteiger partial charge is 2.00 e. The van der Waals surface area contributed by atoms with Gasteiger partial charge < -0.3 is 12.4 Å². The smallest absolute Gasteiger partial charge is 1.00 e. The van der Waals surface area contributed by atoms with Crippen LogP contribution in [0.3, 0.4) is 0 Å². The first-order valence-corrected chi connectivity index (χ1v) is 2.80. The standard InChI is InChI=1S/C6H4Br.ClH.Zn/c7-6-4-2-1-3-5-6;;/h2-5H;1H;/q-1;;+2/p-1. The van der Waals surface area contributed by atoms with Gasteiger partial charge in [-0.1, -0.05) is 20.4 Å². The van der Waals surface area contributed by atoms with Crippen molar-refractivity contribution in [3.63, 3.8) is 0 Å². The summed E-state index contributed by atoms with van der Waals surface area (Å²) in [5.41, 5.74) is 0. The SMILES string of the molecule is Brc1cc[c-]cc1.[Cl-].[Zn+2]. The zero-order valence-electron chi connectivity index (χ0n) is 4.77. The van der Waals surface area contributed by atoms with Gasteiger partial charge in [0.25, 0.3) is 0 Å². The van der Waals surface area contributed by atoms with Gasteiger partial charge in [0.15, 0.2) is 0 Å². The molecule has 1 aromatic carbocycles. The molecule has 1 aromatic rings. The molecular formula is C6H4BrClZn. The molecule has 0 unspecified atom stereocenters. The second kappa shape index (κ2) is 6.73. The van der Waals surface area contributed by atoms with Crippen LogP contribution in [0, 0.1) is 6.07 Å². The first-order chi connectivity index (χ1) is 3.39. The van der Waals surface area contributed by atoms with Crippen LogP contribution in [0.15, 0.2) is 28.7 Å². The van der Waals surface area contributed by atoms with E-state index in [0.717, 1.165) is 4.47 Å². The molecular weight excluding hydrogens is 253 g/mol. The topological polar surface area (TPSA) is 0 Å². The van der Waals surface area contributed by atoms with Crippen molar-refractivity contribution in [2.45, 2.75) is 0 Å². The Bertz CT molecular complexity index is 143. The van der Waals surface area contributed by atoms with Gasteiger partial charge in [0.1, 0.15) is 0 Å². The molecule has 1 rings (SSSR count). The molecule has 0 N–H and O–H groups in total. The second-order valence-corrected chi connectivity index (χ2v) is 2.13. The Morgan fingerprint density at radius 1 is 1.22 bits per heavy atom. The van der Waals surface area contributed by atoms with Crippen LogP contribution >= 0.6 is 15.9 Å². The minimum Gasteiger partial charge on any atom is -1.00 e. The van der Waals surface area contributed by atoms with E-state index >= 15 is 0 Å². The van der Waals surface area contributed by atoms with Crippen molar-refractivity contribution >= 4 is 15.9 Å². The van der Waals surface area contributed by atoms with Gasteiger partial charge in [0.05, 0.1) is 0 Å². The molecule has 0 saturated carbocycles. The van der Waals surface area contributed by atoms with Gasteiger partial charge in [-0.15, -0.1) is 0 Å². The van der Waals surface area contributed by atoms with E-state index in [0.29, 0.717) is 0 Å². The summed E-state index contributed by atoms with van der Waals surface area (Å²) in [6.07, 6.45) is 0. The molecule has 0 saturated heterocycles. The number of rotatable bonds is 0. The Morgan fingerprint density at radius 2 is 1.67 bits per heavy atom. The molecule has 3 heteroatoms. The van der Waals surface area contributed by atoms with Crippen LogP contribution in [0.1, 0.15) is 0 Å². The fraction of sp³-hybridized carbons (Fsp3) is 0. The van der Waals surface area contributed by atoms with E-state index in [1.807, 2.05) is 24.3 Å². The Hall–Kier alpha value is 0.613. The van der Waals surface area contributed by atoms with Crippen molar-refractivity contribution in [2.24, 2.45) is 0 Å². The average Bonchev–Trinajstić information content (AvgIpc) is 1.69. The van der Waals surface area contributed by atoms with Crippen molar-refractivity contribution in [3.05, 3.63) is 34.8 Å². The van der Waals surface area contributed by atoms with E-state index in [2.05, 4.69) is 22.0 Å². The predicted molar refractivity (Wildman–Crippen MR) is 33.0 cm³/mol. The summed E-state index contributed by atoms with van der Waals surface area (Å²) in [5.74, 6) is 0. The summed E-state index contributed by atoms with van der Waals surface area (Å²) < 4.78 is 1.10. The molecule has 0 radical (unpaired) electrons. The molecule has 0 aliphatic heterocycles. The Morgan fingerprint density at radius 3 is 1.89 bits per heavy atom. The minimum atomic E-state index is 0. The van der Waals surface area contributed by atoms with E-state index in [1.165, 1.54) is 0 Å². The van der Waals surface area contributed by atoms with Crippen LogP contribution in [-0.2, 0) is 19.5 Å². The van der Waals surface area contributed by atoms with E-state index < -0.39 is 0 Å². The van der Waals surface area contributed by atoms with Crippen LogP contribution < -0.4 is 12.4 Å². The number of hydrogen-bond acceptors (Lipinski definition) is 0. The number of benzene rings is 1. The van der Waals surface area contributed by atoms with E-state index in [-0.39, 0.29) is 31.9 Å². The van der Waals surface area contributed by atoms with Crippen LogP contribution in [0.25, 0.3) is 0 Å². The van der Waals surface area contributed by atoms with Gasteiger partial charge in [0.2, 0.25) is 0 Å². The van der Waals surface area contributed by atoms with Gasteiger partial charge in [-0.05, 0) is 0 Å². The van der Waals surface area contributed by atoms with E-state index in [1.54, 1.807) is 0 Å². The Balaban J connectivity index is 0. The van der Waals surface area contributed by atoms with Crippen molar-refractivity contribution < 1.29 is 31.9 Å². The molecule has 0 amide bonds. The summed E-state index contributed by atoms with van der Waals surface area (Å²) in [4.78, 5) is 0. The van der Waals surface area contributed by atoms with E-state index in [4.69, 9.17) is 0 Å². The van der Waals surface area contributed by atoms with Gasteiger partial charge >= 0.3 is 19.5 Å². The Kier molecular flexibility index (Phi) is 9.20. The third-order valence-corrected chi connectivity index (χ3v) is 1.21. The van der Waals surface area contributed by atoms with E-state index in [9.17, 15) is 0 Å². The van der Waals surface area contributed by atoms with Crippen LogP contribution in [0.2, 0.25) is 0 Å². The van der Waals surface area contributed by atoms with Gasteiger partial charge in [-0.25, -0.2) is 0 Å². The fourth-order valence-electron chi connectivity index (χ4n) is 0.367. The predicted octanol–water partition coefficient (Wildman–Crippen LogP) is -0.749. The summed E-state index contributed by atoms with van der Waals surface area (Å²) in [6, 6.07) is 10.5. The van der Waals surface area contributed by atoms with Gasteiger partial charge in [-0.3, -0.25) is 0 Å². The van der Waals surface area contributed by atoms with Crippen LogP contribution in [-0.4, -0.2) is 0 Å². The maximum atomic E-state index is 3.29. The summed E-state index contributed by atoms with van der Waals surface area (Å²) in [5, 5.41) is 0. The molecule has 0 heterocycles. The quantitative estimate of drug-likeness (QED) is 0.424. The molecule has 0 aliphatic rings. The van der Waals surface area contributed by atoms with Crippen molar-refractivity contribution in [1.82, 2.24) is 0 Å². The normalized spacial score (nSPS) is 6.78. The summed E-state index contributed by atoms with van der Waals surface area (Å²) >= 11 is 3.29. The molecule has 9 heavy (non-hydrogen) atoms. The molecule has 0 spiro atoms. The maximum Gasteiger partial charge on any atom is 2.00 e. The Labute approximate surface area is 82.3 Å². The zero-order valence-corrected chi connectivity index (χ0v) is 10.1. The summed E-state index contributed by atoms with van der Waals surface area (Å²) in [7, 11) is 0. The molecule has 44 valence electrons. The minimum absolute atomic E-state index is 0. The van der Waals surface area contributed by atoms with Crippen molar-refractivity contribution in [3.8, 4) is 0 Å². The molecule has 0 fully saturated rings. The third-order valence-electron chi connectivity index (χ3n) is 0.678. The first kappa shape index (κ1) is 12.3. The molecule has 0 atom stereocenters. The second-order valence-electron chi connectivity index (χ2n) is 1.22. The van der Waals surface area contributed by atoms with Gasteiger partial charge in [0, 0.05) is 0 Å². The monoisotopic (exact) mass is 254 g/mol. The molecule has 0 aromatic heterocycles. The molecule has 0 bridgehead atoms. The zero-order chi connectivity index (χ0) is 5.11. The average molecular weight is 257 g/mol. The third kappa shape index (κ3) is 5.08. The fourth-order valence-corrected chi connectivity index (χ4v) is 0.631. The summed E-state index contributed by atoms with van der Waals surface area (Å²) in [6.45, 7) is 0. The number of hydrogen-bond donors (Lipinski definition) is 0. The van der Waals surface area contributed by atoms with Gasteiger partial charge in [-0.2, -0.15) is 30.3 Å². The molecule has 0 aliphatic carbocycles. The molecule has 0 nitrogen and oxygen atoms in total. The first-order valence-electron chi connectivity index (χ1n) is 2.01. The van der Waals surface area contributed by atoms with Crippen molar-refractivity contribution in [2.75, 3.05) is 0 Å². The number of halogens is 2.